The molecule has 2 atom stereocenters. The number of nitrogens with one attached hydrogen (secondary N) is 1. The van der Waals surface area contributed by atoms with Gasteiger partial charge < -0.3 is 14.8 Å². The first-order chi connectivity index (χ1) is 8.99. The molecule has 0 aliphatic heterocycles. The number of carbonyl (C=O) groups is 1. The summed E-state index contributed by atoms with van der Waals surface area (Å²) in [5.41, 5.74) is 1.07. The molecular weight excluding hydrogens is 266 g/mol. The van der Waals surface area contributed by atoms with Crippen LogP contribution in [0.4, 0.5) is 0 Å². The van der Waals surface area contributed by atoms with Crippen LogP contribution < -0.4 is 10.1 Å². The Balaban J connectivity index is 2.80. The van der Waals surface area contributed by atoms with Crippen molar-refractivity contribution in [1.29, 1.82) is 0 Å². The van der Waals surface area contributed by atoms with Crippen molar-refractivity contribution in [2.75, 3.05) is 13.7 Å². The van der Waals surface area contributed by atoms with Crippen molar-refractivity contribution < 1.29 is 14.3 Å². The topological polar surface area (TPSA) is 47.6 Å². The molecule has 0 heterocycles. The largest absolute Gasteiger partial charge is 0.477 e. The zero-order valence-electron chi connectivity index (χ0n) is 11.7. The van der Waals surface area contributed by atoms with E-state index in [9.17, 15) is 4.79 Å². The van der Waals surface area contributed by atoms with Gasteiger partial charge in [-0.3, -0.25) is 0 Å². The number of hydrogen-bond donors (Lipinski definition) is 1. The lowest BCUT2D eigenvalue weighted by Gasteiger charge is -2.16. The van der Waals surface area contributed by atoms with Crippen molar-refractivity contribution in [2.24, 2.45) is 0 Å². The van der Waals surface area contributed by atoms with Gasteiger partial charge in [0.05, 0.1) is 12.1 Å². The highest BCUT2D eigenvalue weighted by Gasteiger charge is 2.17. The molecule has 1 N–H and O–H groups in total. The molecule has 2 unspecified atom stereocenters. The normalized spacial score (nSPS) is 13.7. The molecule has 0 fully saturated rings. The maximum absolute atomic E-state index is 11.3. The molecule has 0 aliphatic carbocycles. The number of rotatable bonds is 6. The molecule has 106 valence electrons. The molecule has 1 aromatic carbocycles. The zero-order chi connectivity index (χ0) is 14.4. The summed E-state index contributed by atoms with van der Waals surface area (Å²) in [6, 6.07) is 5.76. The maximum atomic E-state index is 11.3. The van der Waals surface area contributed by atoms with Gasteiger partial charge in [-0.25, -0.2) is 4.79 Å². The molecule has 0 saturated carbocycles. The van der Waals surface area contributed by atoms with E-state index in [1.165, 1.54) is 7.11 Å². The summed E-state index contributed by atoms with van der Waals surface area (Å²) in [6.07, 6.45) is -0.681. The first kappa shape index (κ1) is 15.8. The Morgan fingerprint density at radius 1 is 1.42 bits per heavy atom. The van der Waals surface area contributed by atoms with Crippen molar-refractivity contribution in [1.82, 2.24) is 5.32 Å². The Hall–Kier alpha value is -1.26. The van der Waals surface area contributed by atoms with Gasteiger partial charge in [-0.1, -0.05) is 24.6 Å². The second-order valence-electron chi connectivity index (χ2n) is 4.25. The molecule has 1 aromatic rings. The van der Waals surface area contributed by atoms with Crippen LogP contribution in [0.1, 0.15) is 32.4 Å². The Morgan fingerprint density at radius 2 is 2.11 bits per heavy atom. The van der Waals surface area contributed by atoms with Gasteiger partial charge in [0.25, 0.3) is 0 Å². The van der Waals surface area contributed by atoms with E-state index in [1.807, 2.05) is 19.1 Å². The van der Waals surface area contributed by atoms with Crippen molar-refractivity contribution in [3.8, 4) is 5.75 Å². The summed E-state index contributed by atoms with van der Waals surface area (Å²) in [5, 5.41) is 3.79. The van der Waals surface area contributed by atoms with E-state index < -0.39 is 12.1 Å². The minimum atomic E-state index is -0.681. The van der Waals surface area contributed by atoms with Gasteiger partial charge in [-0.2, -0.15) is 0 Å². The molecule has 0 radical (unpaired) electrons. The third-order valence-electron chi connectivity index (χ3n) is 2.80. The fraction of sp³-hybridized carbons (Fsp3) is 0.500. The third kappa shape index (κ3) is 4.40. The molecule has 1 rings (SSSR count). The fourth-order valence-electron chi connectivity index (χ4n) is 1.71. The van der Waals surface area contributed by atoms with Crippen molar-refractivity contribution >= 4 is 17.6 Å². The fourth-order valence-corrected chi connectivity index (χ4v) is 1.94. The molecule has 0 bridgehead atoms. The Bertz CT molecular complexity index is 437. The van der Waals surface area contributed by atoms with E-state index in [-0.39, 0.29) is 6.04 Å². The summed E-state index contributed by atoms with van der Waals surface area (Å²) in [6.45, 7) is 6.62. The van der Waals surface area contributed by atoms with Crippen LogP contribution in [-0.4, -0.2) is 25.7 Å². The summed E-state index contributed by atoms with van der Waals surface area (Å²) < 4.78 is 10.1. The smallest absolute Gasteiger partial charge is 0.346 e. The minimum Gasteiger partial charge on any atom is -0.477 e. The van der Waals surface area contributed by atoms with Gasteiger partial charge in [0.1, 0.15) is 5.75 Å². The van der Waals surface area contributed by atoms with Gasteiger partial charge in [-0.15, -0.1) is 0 Å². The van der Waals surface area contributed by atoms with Crippen LogP contribution in [0.2, 0.25) is 5.02 Å². The Labute approximate surface area is 119 Å². The first-order valence-corrected chi connectivity index (χ1v) is 6.64. The monoisotopic (exact) mass is 285 g/mol. The Morgan fingerprint density at radius 3 is 2.63 bits per heavy atom. The van der Waals surface area contributed by atoms with E-state index in [4.69, 9.17) is 16.3 Å². The lowest BCUT2D eigenvalue weighted by atomic mass is 10.1. The lowest BCUT2D eigenvalue weighted by Crippen LogP contribution is -2.25. The summed E-state index contributed by atoms with van der Waals surface area (Å²) in [7, 11) is 1.32. The molecule has 0 spiro atoms. The maximum Gasteiger partial charge on any atom is 0.346 e. The van der Waals surface area contributed by atoms with Gasteiger partial charge in [-0.05, 0) is 38.1 Å². The summed E-state index contributed by atoms with van der Waals surface area (Å²) in [4.78, 5) is 11.3. The first-order valence-electron chi connectivity index (χ1n) is 6.26. The quantitative estimate of drug-likeness (QED) is 0.817. The van der Waals surface area contributed by atoms with E-state index in [0.717, 1.165) is 12.1 Å². The predicted molar refractivity (Wildman–Crippen MR) is 75.6 cm³/mol. The minimum absolute atomic E-state index is 0.217. The van der Waals surface area contributed by atoms with Crippen LogP contribution in [0.25, 0.3) is 0 Å². The Kier molecular flexibility index (Phi) is 6.12. The standard InChI is InChI=1S/C14H20ClNO3/c1-5-16-9(2)11-6-7-13(12(15)8-11)19-10(3)14(17)18-4/h6-10,16H,5H2,1-4H3. The number of hydrogen-bond acceptors (Lipinski definition) is 4. The van der Waals surface area contributed by atoms with Crippen LogP contribution in [-0.2, 0) is 9.53 Å². The zero-order valence-corrected chi connectivity index (χ0v) is 12.5. The van der Waals surface area contributed by atoms with Gasteiger partial charge in [0, 0.05) is 6.04 Å². The van der Waals surface area contributed by atoms with Crippen molar-refractivity contribution in [2.45, 2.75) is 32.9 Å². The van der Waals surface area contributed by atoms with Crippen LogP contribution >= 0.6 is 11.6 Å². The van der Waals surface area contributed by atoms with Crippen LogP contribution in [0, 0.1) is 0 Å². The average Bonchev–Trinajstić information content (AvgIpc) is 2.40. The van der Waals surface area contributed by atoms with Gasteiger partial charge >= 0.3 is 5.97 Å². The second kappa shape index (κ2) is 7.36. The average molecular weight is 286 g/mol. The van der Waals surface area contributed by atoms with Gasteiger partial charge in [0.15, 0.2) is 6.10 Å². The number of ether oxygens (including phenoxy) is 2. The number of esters is 1. The molecule has 0 amide bonds. The molecule has 0 saturated heterocycles. The van der Waals surface area contributed by atoms with E-state index in [1.54, 1.807) is 13.0 Å². The molecule has 5 heteroatoms. The molecule has 0 aliphatic rings. The summed E-state index contributed by atoms with van der Waals surface area (Å²) >= 11 is 6.16. The van der Waals surface area contributed by atoms with Crippen molar-refractivity contribution in [3.63, 3.8) is 0 Å². The predicted octanol–water partition coefficient (Wildman–Crippen LogP) is 2.95. The highest BCUT2D eigenvalue weighted by atomic mass is 35.5. The summed E-state index contributed by atoms with van der Waals surface area (Å²) in [5.74, 6) is 0.0492. The number of halogens is 1. The van der Waals surface area contributed by atoms with E-state index in [0.29, 0.717) is 10.8 Å². The highest BCUT2D eigenvalue weighted by molar-refractivity contribution is 6.32. The molecule has 4 nitrogen and oxygen atoms in total. The van der Waals surface area contributed by atoms with Gasteiger partial charge in [0.2, 0.25) is 0 Å². The SMILES string of the molecule is CCNC(C)c1ccc(OC(C)C(=O)OC)c(Cl)c1. The van der Waals surface area contributed by atoms with Crippen LogP contribution in [0.3, 0.4) is 0 Å². The van der Waals surface area contributed by atoms with Crippen LogP contribution in [0.15, 0.2) is 18.2 Å². The van der Waals surface area contributed by atoms with E-state index in [2.05, 4.69) is 17.0 Å². The van der Waals surface area contributed by atoms with Crippen LogP contribution in [0.5, 0.6) is 5.75 Å². The number of carbonyl (C=O) groups excluding carboxylic acids is 1. The molecule has 19 heavy (non-hydrogen) atoms. The number of methoxy groups -OCH3 is 1. The third-order valence-corrected chi connectivity index (χ3v) is 3.10. The van der Waals surface area contributed by atoms with E-state index >= 15 is 0 Å². The lowest BCUT2D eigenvalue weighted by molar-refractivity contribution is -0.147. The molecule has 0 aromatic heterocycles. The van der Waals surface area contributed by atoms with Crippen molar-refractivity contribution in [3.05, 3.63) is 28.8 Å². The number of benzene rings is 1. The highest BCUT2D eigenvalue weighted by Crippen LogP contribution is 2.28. The molecular formula is C14H20ClNO3. The second-order valence-corrected chi connectivity index (χ2v) is 4.66.